The van der Waals surface area contributed by atoms with Gasteiger partial charge < -0.3 is 18.9 Å². The maximum Gasteiger partial charge on any atom is 0.250 e. The molecule has 0 N–H and O–H groups in total. The number of hydrogen-bond acceptors (Lipinski definition) is 4. The van der Waals surface area contributed by atoms with Crippen LogP contribution in [0.1, 0.15) is 55.2 Å². The van der Waals surface area contributed by atoms with Gasteiger partial charge in [0.15, 0.2) is 0 Å². The van der Waals surface area contributed by atoms with E-state index in [4.69, 9.17) is 9.47 Å². The van der Waals surface area contributed by atoms with Gasteiger partial charge in [-0.1, -0.05) is 40.2 Å². The summed E-state index contributed by atoms with van der Waals surface area (Å²) in [5.74, 6) is 3.21. The first-order chi connectivity index (χ1) is 22.5. The number of ether oxygens (including phenoxy) is 2. The van der Waals surface area contributed by atoms with Crippen molar-refractivity contribution in [2.24, 2.45) is 11.8 Å². The molecule has 0 unspecified atom stereocenters. The Balaban J connectivity index is 1.03. The van der Waals surface area contributed by atoms with Crippen LogP contribution in [-0.2, 0) is 17.9 Å². The minimum atomic E-state index is 0.264. The first kappa shape index (κ1) is 29.8. The monoisotopic (exact) mass is 679 g/mol. The maximum atomic E-state index is 14.1. The third-order valence-electron chi connectivity index (χ3n) is 11.0. The molecule has 6 nitrogen and oxygen atoms in total. The number of benzene rings is 3. The molecular weight excluding hydrogens is 638 g/mol. The second kappa shape index (κ2) is 12.6. The van der Waals surface area contributed by atoms with E-state index in [-0.39, 0.29) is 5.91 Å². The van der Waals surface area contributed by atoms with E-state index in [1.54, 1.807) is 7.11 Å². The lowest BCUT2D eigenvalue weighted by Gasteiger charge is -2.58. The molecular formula is C39H42BrN3O3. The van der Waals surface area contributed by atoms with Crippen molar-refractivity contribution in [2.45, 2.75) is 63.8 Å². The van der Waals surface area contributed by atoms with Gasteiger partial charge in [-0.25, -0.2) is 0 Å². The van der Waals surface area contributed by atoms with E-state index >= 15 is 0 Å². The fourth-order valence-electron chi connectivity index (χ4n) is 8.83. The largest absolute Gasteiger partial charge is 0.497 e. The number of rotatable bonds is 7. The van der Waals surface area contributed by atoms with E-state index in [9.17, 15) is 4.79 Å². The van der Waals surface area contributed by atoms with Crippen LogP contribution in [0.5, 0.6) is 11.5 Å². The molecule has 3 aromatic carbocycles. The van der Waals surface area contributed by atoms with E-state index in [1.807, 2.05) is 30.3 Å². The summed E-state index contributed by atoms with van der Waals surface area (Å²) in [6, 6.07) is 23.9. The molecule has 0 aliphatic carbocycles. The van der Waals surface area contributed by atoms with Crippen LogP contribution in [0.4, 0.5) is 0 Å². The Morgan fingerprint density at radius 2 is 1.67 bits per heavy atom. The minimum absolute atomic E-state index is 0.264. The summed E-state index contributed by atoms with van der Waals surface area (Å²) in [7, 11) is 1.71. The molecule has 4 fully saturated rings. The SMILES string of the molecule is COc1ccc2c(c1)c(/C=C1\CC[C@@H]3[C@H]4CCCN5CCC[C@H](CN3C1=O)[C@@H]45)cn2Cc1ccc(OCc2ccc(Br)cc2)cc1. The van der Waals surface area contributed by atoms with Crippen LogP contribution in [0.3, 0.4) is 0 Å². The Labute approximate surface area is 280 Å². The number of methoxy groups -OCH3 is 1. The van der Waals surface area contributed by atoms with Gasteiger partial charge in [0.2, 0.25) is 5.91 Å². The van der Waals surface area contributed by atoms with Crippen LogP contribution < -0.4 is 9.47 Å². The molecule has 8 rings (SSSR count). The summed E-state index contributed by atoms with van der Waals surface area (Å²) in [6.45, 7) is 4.69. The summed E-state index contributed by atoms with van der Waals surface area (Å²) in [5, 5.41) is 1.12. The van der Waals surface area contributed by atoms with Gasteiger partial charge in [-0.3, -0.25) is 9.69 Å². The molecule has 0 bridgehead atoms. The quantitative estimate of drug-likeness (QED) is 0.186. The zero-order chi connectivity index (χ0) is 31.2. The molecule has 0 radical (unpaired) electrons. The lowest BCUT2D eigenvalue weighted by molar-refractivity contribution is -0.145. The van der Waals surface area contributed by atoms with Crippen molar-refractivity contribution in [3.63, 3.8) is 0 Å². The van der Waals surface area contributed by atoms with E-state index < -0.39 is 0 Å². The van der Waals surface area contributed by atoms with Crippen molar-refractivity contribution in [1.29, 1.82) is 0 Å². The zero-order valence-electron chi connectivity index (χ0n) is 26.5. The van der Waals surface area contributed by atoms with E-state index in [1.165, 1.54) is 44.3 Å². The van der Waals surface area contributed by atoms with Gasteiger partial charge in [-0.05, 0) is 123 Å². The highest BCUT2D eigenvalue weighted by molar-refractivity contribution is 9.10. The first-order valence-corrected chi connectivity index (χ1v) is 17.7. The summed E-state index contributed by atoms with van der Waals surface area (Å²) >= 11 is 3.49. The Morgan fingerprint density at radius 3 is 2.48 bits per heavy atom. The number of hydrogen-bond donors (Lipinski definition) is 0. The van der Waals surface area contributed by atoms with Gasteiger partial charge in [0.1, 0.15) is 18.1 Å². The molecule has 4 aromatic rings. The average molecular weight is 681 g/mol. The number of aromatic nitrogens is 1. The number of carbonyl (C=O) groups excluding carboxylic acids is 1. The van der Waals surface area contributed by atoms with Gasteiger partial charge in [0.05, 0.1) is 7.11 Å². The smallest absolute Gasteiger partial charge is 0.250 e. The molecule has 4 saturated heterocycles. The Kier molecular flexibility index (Phi) is 8.15. The standard InChI is InChI=1S/C39H42BrN3O3/c1-45-33-15-17-36-35(21-33)30(23-42(36)22-26-8-13-32(14-9-26)46-25-27-6-11-31(40)12-7-27)20-28-10-16-37-34-5-3-19-41-18-2-4-29(38(34)41)24-43(37)39(28)44/h6-9,11-15,17,20-21,23,29,34,37-38H,2-5,10,16,18-19,22,24-25H2,1H3/b28-20+/t29-,34-,37-,38+/m1/s1. The molecule has 7 heteroatoms. The number of carbonyl (C=O) groups is 1. The van der Waals surface area contributed by atoms with Crippen LogP contribution in [0, 0.1) is 11.8 Å². The Morgan fingerprint density at radius 1 is 0.913 bits per heavy atom. The predicted octanol–water partition coefficient (Wildman–Crippen LogP) is 7.92. The second-order valence-corrected chi connectivity index (χ2v) is 14.5. The highest BCUT2D eigenvalue weighted by atomic mass is 79.9. The fraction of sp³-hybridized carbons (Fsp3) is 0.410. The van der Waals surface area contributed by atoms with Crippen molar-refractivity contribution < 1.29 is 14.3 Å². The molecule has 4 aliphatic heterocycles. The summed E-state index contributed by atoms with van der Waals surface area (Å²) < 4.78 is 15.0. The van der Waals surface area contributed by atoms with E-state index in [0.29, 0.717) is 30.5 Å². The van der Waals surface area contributed by atoms with Crippen molar-refractivity contribution in [1.82, 2.24) is 14.4 Å². The van der Waals surface area contributed by atoms with Gasteiger partial charge in [-0.15, -0.1) is 0 Å². The summed E-state index contributed by atoms with van der Waals surface area (Å²) in [5.41, 5.74) is 5.49. The van der Waals surface area contributed by atoms with Gasteiger partial charge >= 0.3 is 0 Å². The molecule has 5 heterocycles. The molecule has 0 saturated carbocycles. The number of piperidine rings is 4. The number of fused-ring (bicyclic) bond motifs is 3. The number of halogens is 1. The second-order valence-electron chi connectivity index (χ2n) is 13.6. The van der Waals surface area contributed by atoms with Crippen LogP contribution >= 0.6 is 15.9 Å². The summed E-state index contributed by atoms with van der Waals surface area (Å²) in [6.07, 6.45) is 11.4. The lowest BCUT2D eigenvalue weighted by atomic mass is 9.67. The molecule has 46 heavy (non-hydrogen) atoms. The highest BCUT2D eigenvalue weighted by Gasteiger charge is 2.51. The van der Waals surface area contributed by atoms with Crippen molar-refractivity contribution >= 4 is 38.8 Å². The minimum Gasteiger partial charge on any atom is -0.497 e. The van der Waals surface area contributed by atoms with Crippen LogP contribution in [0.15, 0.2) is 83.0 Å². The number of amides is 1. The molecule has 238 valence electrons. The van der Waals surface area contributed by atoms with Crippen LogP contribution in [0.25, 0.3) is 17.0 Å². The van der Waals surface area contributed by atoms with Crippen LogP contribution in [0.2, 0.25) is 0 Å². The maximum absolute atomic E-state index is 14.1. The number of nitrogens with zero attached hydrogens (tertiary/aromatic N) is 3. The molecule has 1 aromatic heterocycles. The van der Waals surface area contributed by atoms with Gasteiger partial charge in [0.25, 0.3) is 0 Å². The fourth-order valence-corrected chi connectivity index (χ4v) is 9.09. The molecule has 4 atom stereocenters. The highest BCUT2D eigenvalue weighted by Crippen LogP contribution is 2.45. The van der Waals surface area contributed by atoms with Crippen molar-refractivity contribution in [2.75, 3.05) is 26.7 Å². The van der Waals surface area contributed by atoms with Crippen molar-refractivity contribution in [3.05, 3.63) is 99.7 Å². The Bertz CT molecular complexity index is 1760. The third kappa shape index (κ3) is 5.66. The van der Waals surface area contributed by atoms with Gasteiger partial charge in [0, 0.05) is 57.9 Å². The summed E-state index contributed by atoms with van der Waals surface area (Å²) in [4.78, 5) is 19.2. The Hall–Kier alpha value is -3.55. The van der Waals surface area contributed by atoms with Crippen LogP contribution in [-0.4, -0.2) is 59.1 Å². The lowest BCUT2D eigenvalue weighted by Crippen LogP contribution is -2.66. The molecule has 4 aliphatic rings. The predicted molar refractivity (Wildman–Crippen MR) is 186 cm³/mol. The van der Waals surface area contributed by atoms with Crippen molar-refractivity contribution in [3.8, 4) is 11.5 Å². The average Bonchev–Trinajstić information content (AvgIpc) is 3.42. The third-order valence-corrected chi connectivity index (χ3v) is 11.5. The zero-order valence-corrected chi connectivity index (χ0v) is 28.1. The van der Waals surface area contributed by atoms with E-state index in [2.05, 4.69) is 79.0 Å². The molecule has 1 amide bonds. The van der Waals surface area contributed by atoms with Gasteiger partial charge in [-0.2, -0.15) is 0 Å². The first-order valence-electron chi connectivity index (χ1n) is 16.9. The normalized spacial score (nSPS) is 25.4. The molecule has 0 spiro atoms. The van der Waals surface area contributed by atoms with E-state index in [0.717, 1.165) is 69.5 Å². The topological polar surface area (TPSA) is 46.9 Å².